The Morgan fingerprint density at radius 2 is 2.15 bits per heavy atom. The molecule has 1 nitrogen and oxygen atoms in total. The summed E-state index contributed by atoms with van der Waals surface area (Å²) in [6, 6.07) is 0. The lowest BCUT2D eigenvalue weighted by atomic mass is 9.92. The van der Waals surface area contributed by atoms with E-state index in [0.29, 0.717) is 5.41 Å². The fourth-order valence-electron chi connectivity index (χ4n) is 2.22. The lowest BCUT2D eigenvalue weighted by Crippen LogP contribution is -2.23. The van der Waals surface area contributed by atoms with Crippen molar-refractivity contribution in [3.05, 3.63) is 11.6 Å². The Labute approximate surface area is 81.8 Å². The van der Waals surface area contributed by atoms with E-state index in [1.807, 2.05) is 0 Å². The van der Waals surface area contributed by atoms with Gasteiger partial charge in [0.25, 0.3) is 0 Å². The molecule has 1 heterocycles. The molecular formula is C12H21N. The Kier molecular flexibility index (Phi) is 2.46. The largest absolute Gasteiger partial charge is 0.299 e. The Balaban J connectivity index is 1.77. The second-order valence-electron chi connectivity index (χ2n) is 5.37. The van der Waals surface area contributed by atoms with Crippen LogP contribution >= 0.6 is 0 Å². The molecule has 13 heavy (non-hydrogen) atoms. The molecule has 2 aliphatic rings. The van der Waals surface area contributed by atoms with Gasteiger partial charge in [0.05, 0.1) is 0 Å². The van der Waals surface area contributed by atoms with Crippen molar-refractivity contribution in [2.45, 2.75) is 39.5 Å². The fraction of sp³-hybridized carbons (Fsp3) is 0.833. The number of rotatable bonds is 2. The van der Waals surface area contributed by atoms with Crippen molar-refractivity contribution in [3.63, 3.8) is 0 Å². The minimum atomic E-state index is 0.568. The topological polar surface area (TPSA) is 3.24 Å². The summed E-state index contributed by atoms with van der Waals surface area (Å²) in [6.45, 7) is 8.55. The molecule has 1 aliphatic heterocycles. The first-order valence-electron chi connectivity index (χ1n) is 5.56. The molecule has 0 N–H and O–H groups in total. The summed E-state index contributed by atoms with van der Waals surface area (Å²) in [5.74, 6) is 0. The van der Waals surface area contributed by atoms with Crippen molar-refractivity contribution in [2.24, 2.45) is 5.41 Å². The number of likely N-dealkylation sites (tertiary alicyclic amines) is 1. The Morgan fingerprint density at radius 1 is 1.38 bits per heavy atom. The predicted molar refractivity (Wildman–Crippen MR) is 56.8 cm³/mol. The Hall–Kier alpha value is -0.300. The van der Waals surface area contributed by atoms with E-state index in [9.17, 15) is 0 Å². The maximum Gasteiger partial charge on any atom is 0.0166 e. The monoisotopic (exact) mass is 179 g/mol. The van der Waals surface area contributed by atoms with Crippen LogP contribution in [-0.4, -0.2) is 24.5 Å². The maximum absolute atomic E-state index is 2.59. The van der Waals surface area contributed by atoms with E-state index in [2.05, 4.69) is 24.8 Å². The summed E-state index contributed by atoms with van der Waals surface area (Å²) in [6.07, 6.45) is 8.01. The molecule has 0 aromatic rings. The van der Waals surface area contributed by atoms with Crippen molar-refractivity contribution in [1.29, 1.82) is 0 Å². The molecule has 0 atom stereocenters. The second kappa shape index (κ2) is 3.45. The molecule has 0 radical (unpaired) electrons. The normalized spacial score (nSPS) is 27.4. The van der Waals surface area contributed by atoms with Gasteiger partial charge >= 0.3 is 0 Å². The highest BCUT2D eigenvalue weighted by Gasteiger charge is 2.28. The predicted octanol–water partition coefficient (Wildman–Crippen LogP) is 2.83. The van der Waals surface area contributed by atoms with E-state index < -0.39 is 0 Å². The molecule has 1 aliphatic carbocycles. The third-order valence-electron chi connectivity index (χ3n) is 3.39. The molecule has 2 rings (SSSR count). The average molecular weight is 179 g/mol. The molecule has 2 fully saturated rings. The Morgan fingerprint density at radius 3 is 2.62 bits per heavy atom. The highest BCUT2D eigenvalue weighted by Crippen LogP contribution is 2.29. The molecule has 0 spiro atoms. The zero-order valence-corrected chi connectivity index (χ0v) is 8.97. The zero-order chi connectivity index (χ0) is 9.31. The van der Waals surface area contributed by atoms with Gasteiger partial charge in [-0.1, -0.05) is 25.5 Å². The van der Waals surface area contributed by atoms with Crippen LogP contribution in [0.3, 0.4) is 0 Å². The van der Waals surface area contributed by atoms with Gasteiger partial charge in [-0.2, -0.15) is 0 Å². The van der Waals surface area contributed by atoms with Crippen molar-refractivity contribution in [3.8, 4) is 0 Å². The van der Waals surface area contributed by atoms with E-state index in [1.165, 1.54) is 45.3 Å². The summed E-state index contributed by atoms with van der Waals surface area (Å²) in [5.41, 5.74) is 2.27. The summed E-state index contributed by atoms with van der Waals surface area (Å²) >= 11 is 0. The summed E-state index contributed by atoms with van der Waals surface area (Å²) < 4.78 is 0. The van der Waals surface area contributed by atoms with Gasteiger partial charge in [-0.05, 0) is 37.6 Å². The molecule has 74 valence electrons. The highest BCUT2D eigenvalue weighted by molar-refractivity contribution is 5.10. The van der Waals surface area contributed by atoms with E-state index >= 15 is 0 Å². The van der Waals surface area contributed by atoms with Gasteiger partial charge in [0.1, 0.15) is 0 Å². The SMILES string of the molecule is CC1(C)CCN(CC=C2CCC2)C1. The van der Waals surface area contributed by atoms with Gasteiger partial charge in [-0.15, -0.1) is 0 Å². The standard InChI is InChI=1S/C12H21N/c1-12(2)7-9-13(10-12)8-6-11-4-3-5-11/h6H,3-5,7-10H2,1-2H3. The molecule has 0 bridgehead atoms. The van der Waals surface area contributed by atoms with E-state index in [4.69, 9.17) is 0 Å². The van der Waals surface area contributed by atoms with Gasteiger partial charge < -0.3 is 0 Å². The van der Waals surface area contributed by atoms with Crippen LogP contribution in [0.1, 0.15) is 39.5 Å². The van der Waals surface area contributed by atoms with Gasteiger partial charge in [0.2, 0.25) is 0 Å². The first kappa shape index (κ1) is 9.26. The first-order valence-corrected chi connectivity index (χ1v) is 5.56. The fourth-order valence-corrected chi connectivity index (χ4v) is 2.22. The molecule has 1 saturated carbocycles. The Bertz CT molecular complexity index is 209. The van der Waals surface area contributed by atoms with E-state index in [-0.39, 0.29) is 0 Å². The summed E-state index contributed by atoms with van der Waals surface area (Å²) in [5, 5.41) is 0. The number of allylic oxidation sites excluding steroid dienone is 1. The van der Waals surface area contributed by atoms with Crippen molar-refractivity contribution >= 4 is 0 Å². The van der Waals surface area contributed by atoms with Crippen molar-refractivity contribution in [2.75, 3.05) is 19.6 Å². The second-order valence-corrected chi connectivity index (χ2v) is 5.37. The maximum atomic E-state index is 2.59. The number of nitrogens with zero attached hydrogens (tertiary/aromatic N) is 1. The molecule has 0 aromatic heterocycles. The zero-order valence-electron chi connectivity index (χ0n) is 8.97. The summed E-state index contributed by atoms with van der Waals surface area (Å²) in [4.78, 5) is 2.59. The molecular weight excluding hydrogens is 158 g/mol. The summed E-state index contributed by atoms with van der Waals surface area (Å²) in [7, 11) is 0. The van der Waals surface area contributed by atoms with Crippen molar-refractivity contribution in [1.82, 2.24) is 4.90 Å². The molecule has 1 saturated heterocycles. The van der Waals surface area contributed by atoms with Crippen LogP contribution in [-0.2, 0) is 0 Å². The minimum Gasteiger partial charge on any atom is -0.299 e. The molecule has 0 aromatic carbocycles. The smallest absolute Gasteiger partial charge is 0.0166 e. The lowest BCUT2D eigenvalue weighted by Gasteiger charge is -2.21. The third-order valence-corrected chi connectivity index (χ3v) is 3.39. The molecule has 1 heteroatoms. The van der Waals surface area contributed by atoms with Crippen LogP contribution in [0.5, 0.6) is 0 Å². The molecule has 0 unspecified atom stereocenters. The van der Waals surface area contributed by atoms with Gasteiger partial charge in [0.15, 0.2) is 0 Å². The van der Waals surface area contributed by atoms with Crippen molar-refractivity contribution < 1.29 is 0 Å². The van der Waals surface area contributed by atoms with Crippen LogP contribution in [0.4, 0.5) is 0 Å². The van der Waals surface area contributed by atoms with Gasteiger partial charge in [-0.3, -0.25) is 4.90 Å². The number of hydrogen-bond acceptors (Lipinski definition) is 1. The first-order chi connectivity index (χ1) is 6.16. The average Bonchev–Trinajstić information content (AvgIpc) is 2.27. The van der Waals surface area contributed by atoms with Crippen LogP contribution in [0.2, 0.25) is 0 Å². The molecule has 0 amide bonds. The minimum absolute atomic E-state index is 0.568. The van der Waals surface area contributed by atoms with Crippen LogP contribution < -0.4 is 0 Å². The third kappa shape index (κ3) is 2.34. The van der Waals surface area contributed by atoms with E-state index in [1.54, 1.807) is 5.57 Å². The highest BCUT2D eigenvalue weighted by atomic mass is 15.1. The van der Waals surface area contributed by atoms with Crippen LogP contribution in [0.25, 0.3) is 0 Å². The van der Waals surface area contributed by atoms with Crippen LogP contribution in [0, 0.1) is 5.41 Å². The lowest BCUT2D eigenvalue weighted by molar-refractivity contribution is 0.313. The van der Waals surface area contributed by atoms with Gasteiger partial charge in [0, 0.05) is 13.1 Å². The van der Waals surface area contributed by atoms with E-state index in [0.717, 1.165) is 0 Å². The number of hydrogen-bond donors (Lipinski definition) is 0. The quantitative estimate of drug-likeness (QED) is 0.589. The van der Waals surface area contributed by atoms with Crippen LogP contribution in [0.15, 0.2) is 11.6 Å². The van der Waals surface area contributed by atoms with Gasteiger partial charge in [-0.25, -0.2) is 0 Å².